The molecular formula is C24H17FN8. The van der Waals surface area contributed by atoms with Crippen LogP contribution in [0.5, 0.6) is 0 Å². The fraction of sp³-hybridized carbons (Fsp3) is 0.0417. The third kappa shape index (κ3) is 3.26. The van der Waals surface area contributed by atoms with Gasteiger partial charge in [0.2, 0.25) is 0 Å². The molecule has 4 N–H and O–H groups in total. The number of H-pyrrole nitrogens is 2. The summed E-state index contributed by atoms with van der Waals surface area (Å²) < 4.78 is 14.0. The highest BCUT2D eigenvalue weighted by atomic mass is 19.1. The van der Waals surface area contributed by atoms with Gasteiger partial charge in [0, 0.05) is 35.1 Å². The number of fused-ring (bicyclic) bond motifs is 2. The fourth-order valence-electron chi connectivity index (χ4n) is 3.98. The number of hydrogen-bond acceptors (Lipinski definition) is 6. The van der Waals surface area contributed by atoms with E-state index in [9.17, 15) is 4.39 Å². The number of rotatable bonds is 3. The van der Waals surface area contributed by atoms with E-state index in [0.717, 1.165) is 33.2 Å². The monoisotopic (exact) mass is 436 g/mol. The Morgan fingerprint density at radius 1 is 0.909 bits per heavy atom. The molecular weight excluding hydrogens is 419 g/mol. The van der Waals surface area contributed by atoms with Crippen molar-refractivity contribution >= 4 is 27.6 Å². The molecule has 0 atom stereocenters. The first-order chi connectivity index (χ1) is 16.0. The summed E-state index contributed by atoms with van der Waals surface area (Å²) in [5.41, 5.74) is 12.9. The van der Waals surface area contributed by atoms with Gasteiger partial charge in [-0.05, 0) is 48.9 Å². The second-order valence-corrected chi connectivity index (χ2v) is 7.85. The molecule has 33 heavy (non-hydrogen) atoms. The van der Waals surface area contributed by atoms with Crippen LogP contribution < -0.4 is 5.73 Å². The molecule has 0 saturated heterocycles. The van der Waals surface area contributed by atoms with Crippen molar-refractivity contribution < 1.29 is 4.39 Å². The van der Waals surface area contributed by atoms with Crippen molar-refractivity contribution in [3.05, 3.63) is 72.6 Å². The van der Waals surface area contributed by atoms with Crippen LogP contribution in [0.2, 0.25) is 0 Å². The smallest absolute Gasteiger partial charge is 0.159 e. The first kappa shape index (κ1) is 19.1. The lowest BCUT2D eigenvalue weighted by atomic mass is 10.1. The molecule has 6 rings (SSSR count). The third-order valence-corrected chi connectivity index (χ3v) is 5.44. The van der Waals surface area contributed by atoms with Gasteiger partial charge in [0.15, 0.2) is 5.82 Å². The first-order valence-corrected chi connectivity index (χ1v) is 10.2. The third-order valence-electron chi connectivity index (χ3n) is 5.44. The van der Waals surface area contributed by atoms with Gasteiger partial charge >= 0.3 is 0 Å². The van der Waals surface area contributed by atoms with Gasteiger partial charge < -0.3 is 10.7 Å². The molecule has 6 aromatic rings. The molecule has 0 amide bonds. The van der Waals surface area contributed by atoms with E-state index in [-0.39, 0.29) is 5.82 Å². The Labute approximate surface area is 186 Å². The Kier molecular flexibility index (Phi) is 4.16. The van der Waals surface area contributed by atoms with Crippen molar-refractivity contribution in [1.29, 1.82) is 0 Å². The van der Waals surface area contributed by atoms with Crippen molar-refractivity contribution in [1.82, 2.24) is 35.1 Å². The lowest BCUT2D eigenvalue weighted by molar-refractivity contribution is 0.627. The Balaban J connectivity index is 1.51. The standard InChI is InChI=1S/C24H17FN8/c1-12-4-13(6-15(25)5-12)21-23-18(2-3-28-21)30-24(31-23)22-17-8-19(29-11-20(17)32-33-22)14-7-16(26)10-27-9-14/h2-11H,26H2,1H3,(H,30,31)(H,32,33). The van der Waals surface area contributed by atoms with Crippen LogP contribution >= 0.6 is 0 Å². The molecule has 5 aromatic heterocycles. The topological polar surface area (TPSA) is 122 Å². The predicted octanol–water partition coefficient (Wildman–Crippen LogP) is 4.65. The van der Waals surface area contributed by atoms with Crippen LogP contribution in [0.15, 0.2) is 61.2 Å². The van der Waals surface area contributed by atoms with E-state index in [1.54, 1.807) is 24.8 Å². The summed E-state index contributed by atoms with van der Waals surface area (Å²) in [7, 11) is 0. The number of aryl methyl sites for hydroxylation is 1. The average molecular weight is 436 g/mol. The van der Waals surface area contributed by atoms with Gasteiger partial charge in [0.1, 0.15) is 17.0 Å². The number of imidazole rings is 1. The second kappa shape index (κ2) is 7.20. The Morgan fingerprint density at radius 3 is 2.67 bits per heavy atom. The van der Waals surface area contributed by atoms with Gasteiger partial charge in [0.25, 0.3) is 0 Å². The number of anilines is 1. The summed E-state index contributed by atoms with van der Waals surface area (Å²) in [4.78, 5) is 21.2. The number of aromatic amines is 2. The van der Waals surface area contributed by atoms with Crippen molar-refractivity contribution in [3.63, 3.8) is 0 Å². The van der Waals surface area contributed by atoms with Gasteiger partial charge in [-0.15, -0.1) is 0 Å². The molecule has 0 spiro atoms. The summed E-state index contributed by atoms with van der Waals surface area (Å²) in [6, 6.07) is 10.4. The van der Waals surface area contributed by atoms with Gasteiger partial charge in [-0.3, -0.25) is 20.1 Å². The Bertz CT molecular complexity index is 1650. The average Bonchev–Trinajstić information content (AvgIpc) is 3.41. The Morgan fingerprint density at radius 2 is 1.82 bits per heavy atom. The van der Waals surface area contributed by atoms with Crippen LogP contribution in [0.25, 0.3) is 56.0 Å². The minimum Gasteiger partial charge on any atom is -0.397 e. The summed E-state index contributed by atoms with van der Waals surface area (Å²) in [6.45, 7) is 1.85. The minimum atomic E-state index is -0.311. The summed E-state index contributed by atoms with van der Waals surface area (Å²) in [5, 5.41) is 8.31. The number of benzene rings is 1. The van der Waals surface area contributed by atoms with Crippen LogP contribution in [0.3, 0.4) is 0 Å². The molecule has 0 unspecified atom stereocenters. The fourth-order valence-corrected chi connectivity index (χ4v) is 3.98. The molecule has 8 nitrogen and oxygen atoms in total. The van der Waals surface area contributed by atoms with Crippen LogP contribution in [0.1, 0.15) is 5.56 Å². The zero-order chi connectivity index (χ0) is 22.5. The maximum atomic E-state index is 14.0. The lowest BCUT2D eigenvalue weighted by Gasteiger charge is -2.03. The van der Waals surface area contributed by atoms with Crippen LogP contribution in [-0.2, 0) is 0 Å². The largest absolute Gasteiger partial charge is 0.397 e. The van der Waals surface area contributed by atoms with E-state index < -0.39 is 0 Å². The molecule has 0 aliphatic rings. The van der Waals surface area contributed by atoms with E-state index in [2.05, 4.69) is 30.1 Å². The quantitative estimate of drug-likeness (QED) is 0.371. The molecule has 0 aliphatic carbocycles. The normalized spacial score (nSPS) is 11.5. The summed E-state index contributed by atoms with van der Waals surface area (Å²) in [6.07, 6.45) is 6.70. The molecule has 0 aliphatic heterocycles. The number of halogens is 1. The highest BCUT2D eigenvalue weighted by Crippen LogP contribution is 2.32. The number of nitrogens with two attached hydrogens (primary N) is 1. The van der Waals surface area contributed by atoms with Gasteiger partial charge in [-0.2, -0.15) is 5.10 Å². The zero-order valence-electron chi connectivity index (χ0n) is 17.5. The van der Waals surface area contributed by atoms with Gasteiger partial charge in [-0.1, -0.05) is 0 Å². The molecule has 0 saturated carbocycles. The van der Waals surface area contributed by atoms with Crippen molar-refractivity contribution in [2.24, 2.45) is 0 Å². The van der Waals surface area contributed by atoms with Crippen molar-refractivity contribution in [2.45, 2.75) is 6.92 Å². The Hall–Kier alpha value is -4.66. The van der Waals surface area contributed by atoms with Crippen LogP contribution in [-0.4, -0.2) is 35.1 Å². The summed E-state index contributed by atoms with van der Waals surface area (Å²) in [5.74, 6) is 0.260. The first-order valence-electron chi connectivity index (χ1n) is 10.2. The molecule has 1 aromatic carbocycles. The van der Waals surface area contributed by atoms with E-state index in [4.69, 9.17) is 10.7 Å². The van der Waals surface area contributed by atoms with Gasteiger partial charge in [-0.25, -0.2) is 9.37 Å². The molecule has 0 radical (unpaired) electrons. The number of nitrogens with zero attached hydrogens (tertiary/aromatic N) is 5. The second-order valence-electron chi connectivity index (χ2n) is 7.85. The van der Waals surface area contributed by atoms with Crippen molar-refractivity contribution in [3.8, 4) is 34.0 Å². The van der Waals surface area contributed by atoms with Crippen LogP contribution in [0, 0.1) is 12.7 Å². The van der Waals surface area contributed by atoms with Crippen molar-refractivity contribution in [2.75, 3.05) is 5.73 Å². The SMILES string of the molecule is Cc1cc(F)cc(-c2nccc3[nH]c(-c4n[nH]c5cnc(-c6cncc(N)c6)cc45)nc23)c1. The maximum Gasteiger partial charge on any atom is 0.159 e. The van der Waals surface area contributed by atoms with E-state index in [0.29, 0.717) is 34.0 Å². The maximum absolute atomic E-state index is 14.0. The molecule has 5 heterocycles. The number of nitrogen functional groups attached to an aromatic ring is 1. The highest BCUT2D eigenvalue weighted by Gasteiger charge is 2.17. The van der Waals surface area contributed by atoms with E-state index in [1.807, 2.05) is 31.2 Å². The number of pyridine rings is 3. The predicted molar refractivity (Wildman–Crippen MR) is 125 cm³/mol. The van der Waals surface area contributed by atoms with Crippen LogP contribution in [0.4, 0.5) is 10.1 Å². The highest BCUT2D eigenvalue weighted by molar-refractivity contribution is 5.96. The molecule has 160 valence electrons. The number of hydrogen-bond donors (Lipinski definition) is 3. The molecule has 9 heteroatoms. The molecule has 0 fully saturated rings. The van der Waals surface area contributed by atoms with E-state index in [1.165, 1.54) is 12.1 Å². The zero-order valence-corrected chi connectivity index (χ0v) is 17.5. The minimum absolute atomic E-state index is 0.311. The lowest BCUT2D eigenvalue weighted by Crippen LogP contribution is -1.90. The summed E-state index contributed by atoms with van der Waals surface area (Å²) >= 11 is 0. The number of aromatic nitrogens is 7. The molecule has 0 bridgehead atoms. The number of nitrogens with one attached hydrogen (secondary N) is 2. The van der Waals surface area contributed by atoms with Gasteiger partial charge in [0.05, 0.1) is 34.3 Å². The van der Waals surface area contributed by atoms with E-state index >= 15 is 0 Å².